The van der Waals surface area contributed by atoms with Crippen LogP contribution in [0.25, 0.3) is 0 Å². The van der Waals surface area contributed by atoms with E-state index in [2.05, 4.69) is 15.6 Å². The molecule has 0 bridgehead atoms. The predicted octanol–water partition coefficient (Wildman–Crippen LogP) is 0.684. The lowest BCUT2D eigenvalue weighted by Crippen LogP contribution is -2.36. The molecule has 1 aromatic heterocycles. The monoisotopic (exact) mass is 241 g/mol. The van der Waals surface area contributed by atoms with E-state index in [-0.39, 0.29) is 12.4 Å². The summed E-state index contributed by atoms with van der Waals surface area (Å²) in [5.74, 6) is -0.847. The van der Waals surface area contributed by atoms with Gasteiger partial charge in [0.1, 0.15) is 5.82 Å². The molecule has 1 aromatic rings. The first kappa shape index (κ1) is 12.4. The number of carbonyl (C=O) groups excluding carboxylic acids is 2. The molecule has 16 heavy (non-hydrogen) atoms. The Bertz CT molecular complexity index is 395. The molecule has 0 saturated heterocycles. The van der Waals surface area contributed by atoms with Gasteiger partial charge in [0, 0.05) is 18.1 Å². The molecule has 86 valence electrons. The summed E-state index contributed by atoms with van der Waals surface area (Å²) in [5.41, 5.74) is 0.763. The van der Waals surface area contributed by atoms with Gasteiger partial charge in [-0.2, -0.15) is 0 Å². The van der Waals surface area contributed by atoms with Crippen LogP contribution < -0.4 is 10.6 Å². The van der Waals surface area contributed by atoms with Gasteiger partial charge < -0.3 is 10.6 Å². The normalized spacial score (nSPS) is 9.62. The number of aryl methyl sites for hydroxylation is 1. The summed E-state index contributed by atoms with van der Waals surface area (Å²) in [6.07, 6.45) is 0. The van der Waals surface area contributed by atoms with E-state index in [1.54, 1.807) is 25.1 Å². The number of nitrogens with zero attached hydrogens (tertiary/aromatic N) is 1. The summed E-state index contributed by atoms with van der Waals surface area (Å²) in [4.78, 5) is 26.5. The summed E-state index contributed by atoms with van der Waals surface area (Å²) in [6, 6.07) is 5.15. The molecule has 0 aromatic carbocycles. The lowest BCUT2D eigenvalue weighted by atomic mass is 10.3. The molecule has 0 radical (unpaired) electrons. The average molecular weight is 242 g/mol. The van der Waals surface area contributed by atoms with Crippen LogP contribution in [-0.4, -0.2) is 29.2 Å². The number of nitrogens with one attached hydrogen (secondary N) is 2. The molecule has 0 unspecified atom stereocenters. The van der Waals surface area contributed by atoms with Gasteiger partial charge in [0.25, 0.3) is 0 Å². The van der Waals surface area contributed by atoms with Gasteiger partial charge in [0.2, 0.25) is 0 Å². The van der Waals surface area contributed by atoms with Crippen molar-refractivity contribution in [2.75, 3.05) is 17.7 Å². The quantitative estimate of drug-likeness (QED) is 0.604. The predicted molar refractivity (Wildman–Crippen MR) is 61.3 cm³/mol. The number of aromatic nitrogens is 1. The van der Waals surface area contributed by atoms with Gasteiger partial charge in [-0.15, -0.1) is 11.6 Å². The number of carbonyl (C=O) groups is 2. The highest BCUT2D eigenvalue weighted by molar-refractivity contribution is 6.39. The summed E-state index contributed by atoms with van der Waals surface area (Å²) in [5, 5.41) is 4.74. The number of alkyl halides is 1. The van der Waals surface area contributed by atoms with Gasteiger partial charge in [-0.05, 0) is 19.1 Å². The topological polar surface area (TPSA) is 71.1 Å². The second-order valence-corrected chi connectivity index (χ2v) is 3.44. The van der Waals surface area contributed by atoms with Crippen LogP contribution >= 0.6 is 11.6 Å². The Morgan fingerprint density at radius 2 is 2.12 bits per heavy atom. The maximum Gasteiger partial charge on any atom is 0.314 e. The maximum absolute atomic E-state index is 11.3. The van der Waals surface area contributed by atoms with Crippen molar-refractivity contribution in [2.45, 2.75) is 6.92 Å². The minimum atomic E-state index is -0.747. The van der Waals surface area contributed by atoms with Gasteiger partial charge in [0.05, 0.1) is 0 Å². The Labute approximate surface area is 98.2 Å². The summed E-state index contributed by atoms with van der Waals surface area (Å²) >= 11 is 5.37. The minimum Gasteiger partial charge on any atom is -0.347 e. The largest absolute Gasteiger partial charge is 0.347 e. The SMILES string of the molecule is Cc1cccc(NC(=O)C(=O)NCCCl)n1. The molecule has 0 aliphatic carbocycles. The zero-order chi connectivity index (χ0) is 12.0. The van der Waals surface area contributed by atoms with Gasteiger partial charge in [0.15, 0.2) is 0 Å². The van der Waals surface area contributed by atoms with E-state index in [0.717, 1.165) is 5.69 Å². The summed E-state index contributed by atoms with van der Waals surface area (Å²) < 4.78 is 0. The molecule has 1 rings (SSSR count). The molecule has 0 aliphatic heterocycles. The lowest BCUT2D eigenvalue weighted by Gasteiger charge is -2.04. The molecule has 2 N–H and O–H groups in total. The standard InChI is InChI=1S/C10H12ClN3O2/c1-7-3-2-4-8(13-7)14-10(16)9(15)12-6-5-11/h2-4H,5-6H2,1H3,(H,12,15)(H,13,14,16). The number of hydrogen-bond acceptors (Lipinski definition) is 3. The fourth-order valence-corrected chi connectivity index (χ4v) is 1.12. The summed E-state index contributed by atoms with van der Waals surface area (Å²) in [6.45, 7) is 2.05. The van der Waals surface area contributed by atoms with Crippen LogP contribution in [0.1, 0.15) is 5.69 Å². The first-order chi connectivity index (χ1) is 7.63. The number of pyridine rings is 1. The Kier molecular flexibility index (Phi) is 4.72. The van der Waals surface area contributed by atoms with Crippen molar-refractivity contribution in [3.05, 3.63) is 23.9 Å². The molecular weight excluding hydrogens is 230 g/mol. The van der Waals surface area contributed by atoms with Crippen LogP contribution in [0.5, 0.6) is 0 Å². The van der Waals surface area contributed by atoms with E-state index in [0.29, 0.717) is 5.82 Å². The minimum absolute atomic E-state index is 0.259. The number of hydrogen-bond donors (Lipinski definition) is 2. The third kappa shape index (κ3) is 3.86. The van der Waals surface area contributed by atoms with Crippen LogP contribution in [0.4, 0.5) is 5.82 Å². The zero-order valence-electron chi connectivity index (χ0n) is 8.79. The maximum atomic E-state index is 11.3. The second-order valence-electron chi connectivity index (χ2n) is 3.06. The van der Waals surface area contributed by atoms with Crippen molar-refractivity contribution in [1.82, 2.24) is 10.3 Å². The third-order valence-electron chi connectivity index (χ3n) is 1.72. The molecule has 0 saturated carbocycles. The second kappa shape index (κ2) is 6.07. The molecule has 0 aliphatic rings. The molecule has 5 nitrogen and oxygen atoms in total. The molecule has 0 spiro atoms. The van der Waals surface area contributed by atoms with E-state index >= 15 is 0 Å². The van der Waals surface area contributed by atoms with Gasteiger partial charge in [-0.25, -0.2) is 4.98 Å². The third-order valence-corrected chi connectivity index (χ3v) is 1.91. The number of amides is 2. The molecule has 0 atom stereocenters. The fraction of sp³-hybridized carbons (Fsp3) is 0.300. The number of halogens is 1. The number of anilines is 1. The van der Waals surface area contributed by atoms with Crippen LogP contribution in [0.15, 0.2) is 18.2 Å². The van der Waals surface area contributed by atoms with Crippen molar-refractivity contribution in [2.24, 2.45) is 0 Å². The molecule has 0 fully saturated rings. The number of rotatable bonds is 3. The van der Waals surface area contributed by atoms with Crippen molar-refractivity contribution in [3.8, 4) is 0 Å². The first-order valence-corrected chi connectivity index (χ1v) is 5.25. The van der Waals surface area contributed by atoms with Crippen LogP contribution in [-0.2, 0) is 9.59 Å². The lowest BCUT2D eigenvalue weighted by molar-refractivity contribution is -0.136. The smallest absolute Gasteiger partial charge is 0.314 e. The van der Waals surface area contributed by atoms with E-state index in [1.165, 1.54) is 0 Å². The van der Waals surface area contributed by atoms with E-state index in [1.807, 2.05) is 0 Å². The van der Waals surface area contributed by atoms with Crippen molar-refractivity contribution in [1.29, 1.82) is 0 Å². The van der Waals surface area contributed by atoms with Crippen molar-refractivity contribution in [3.63, 3.8) is 0 Å². The van der Waals surface area contributed by atoms with E-state index in [4.69, 9.17) is 11.6 Å². The van der Waals surface area contributed by atoms with Crippen molar-refractivity contribution >= 4 is 29.2 Å². The van der Waals surface area contributed by atoms with Crippen LogP contribution in [0.3, 0.4) is 0 Å². The van der Waals surface area contributed by atoms with E-state index in [9.17, 15) is 9.59 Å². The van der Waals surface area contributed by atoms with E-state index < -0.39 is 11.8 Å². The molecule has 6 heteroatoms. The first-order valence-electron chi connectivity index (χ1n) is 4.72. The summed E-state index contributed by atoms with van der Waals surface area (Å²) in [7, 11) is 0. The van der Waals surface area contributed by atoms with Crippen LogP contribution in [0, 0.1) is 6.92 Å². The van der Waals surface area contributed by atoms with Gasteiger partial charge >= 0.3 is 11.8 Å². The van der Waals surface area contributed by atoms with Gasteiger partial charge in [-0.1, -0.05) is 6.07 Å². The highest BCUT2D eigenvalue weighted by Crippen LogP contribution is 2.03. The molecule has 1 heterocycles. The molecular formula is C10H12ClN3O2. The highest BCUT2D eigenvalue weighted by Gasteiger charge is 2.12. The van der Waals surface area contributed by atoms with Crippen LogP contribution in [0.2, 0.25) is 0 Å². The Hall–Kier alpha value is -1.62. The average Bonchev–Trinajstić information content (AvgIpc) is 2.25. The Morgan fingerprint density at radius 1 is 1.38 bits per heavy atom. The Balaban J connectivity index is 2.54. The molecule has 2 amide bonds. The van der Waals surface area contributed by atoms with Gasteiger partial charge in [-0.3, -0.25) is 9.59 Å². The zero-order valence-corrected chi connectivity index (χ0v) is 9.54. The highest BCUT2D eigenvalue weighted by atomic mass is 35.5. The Morgan fingerprint density at radius 3 is 2.75 bits per heavy atom. The van der Waals surface area contributed by atoms with Crippen molar-refractivity contribution < 1.29 is 9.59 Å². The fourth-order valence-electron chi connectivity index (χ4n) is 1.03.